The van der Waals surface area contributed by atoms with Crippen LogP contribution in [-0.2, 0) is 4.79 Å². The van der Waals surface area contributed by atoms with Gasteiger partial charge in [0.15, 0.2) is 23.1 Å². The summed E-state index contributed by atoms with van der Waals surface area (Å²) in [6.45, 7) is 2.21. The lowest BCUT2D eigenvalue weighted by molar-refractivity contribution is -0.122. The van der Waals surface area contributed by atoms with Gasteiger partial charge < -0.3 is 19.5 Å². The first-order chi connectivity index (χ1) is 11.6. The first-order valence-electron chi connectivity index (χ1n) is 7.70. The van der Waals surface area contributed by atoms with E-state index in [1.165, 1.54) is 12.1 Å². The molecule has 1 N–H and O–H groups in total. The summed E-state index contributed by atoms with van der Waals surface area (Å²) in [5.41, 5.74) is 0.919. The molecule has 0 saturated heterocycles. The zero-order valence-electron chi connectivity index (χ0n) is 13.3. The average molecular weight is 331 g/mol. The van der Waals surface area contributed by atoms with Gasteiger partial charge in [-0.25, -0.2) is 4.39 Å². The lowest BCUT2D eigenvalue weighted by Gasteiger charge is -2.15. The van der Waals surface area contributed by atoms with Crippen molar-refractivity contribution in [2.45, 2.75) is 19.4 Å². The number of benzene rings is 2. The highest BCUT2D eigenvalue weighted by molar-refractivity contribution is 5.76. The third-order valence-electron chi connectivity index (χ3n) is 3.70. The van der Waals surface area contributed by atoms with Crippen LogP contribution in [0.4, 0.5) is 4.39 Å². The first kappa shape index (κ1) is 16.1. The van der Waals surface area contributed by atoms with Crippen molar-refractivity contribution < 1.29 is 23.4 Å². The van der Waals surface area contributed by atoms with Crippen LogP contribution in [0.5, 0.6) is 17.2 Å². The average Bonchev–Trinajstić information content (AvgIpc) is 3.04. The van der Waals surface area contributed by atoms with Crippen LogP contribution >= 0.6 is 0 Å². The molecular formula is C18H18FNO4. The molecule has 1 aliphatic heterocycles. The zero-order valence-corrected chi connectivity index (χ0v) is 13.3. The second-order valence-corrected chi connectivity index (χ2v) is 5.43. The van der Waals surface area contributed by atoms with Crippen molar-refractivity contribution in [3.8, 4) is 17.2 Å². The summed E-state index contributed by atoms with van der Waals surface area (Å²) in [5.74, 6) is 0.921. The molecule has 0 saturated carbocycles. The molecule has 24 heavy (non-hydrogen) atoms. The smallest absolute Gasteiger partial charge is 0.231 e. The maximum atomic E-state index is 13.4. The lowest BCUT2D eigenvalue weighted by Crippen LogP contribution is -2.27. The fourth-order valence-electron chi connectivity index (χ4n) is 2.39. The molecule has 2 aromatic carbocycles. The minimum atomic E-state index is -0.438. The van der Waals surface area contributed by atoms with Crippen molar-refractivity contribution in [2.75, 3.05) is 13.4 Å². The molecular weight excluding hydrogens is 313 g/mol. The highest BCUT2D eigenvalue weighted by Gasteiger charge is 2.16. The van der Waals surface area contributed by atoms with E-state index in [2.05, 4.69) is 5.32 Å². The van der Waals surface area contributed by atoms with Crippen LogP contribution in [-0.4, -0.2) is 19.3 Å². The Hall–Kier alpha value is -2.76. The van der Waals surface area contributed by atoms with Gasteiger partial charge in [-0.2, -0.15) is 0 Å². The Bertz CT molecular complexity index is 735. The lowest BCUT2D eigenvalue weighted by atomic mass is 10.1. The number of hydrogen-bond donors (Lipinski definition) is 1. The molecule has 5 nitrogen and oxygen atoms in total. The van der Waals surface area contributed by atoms with Gasteiger partial charge in [0.05, 0.1) is 19.1 Å². The topological polar surface area (TPSA) is 56.8 Å². The van der Waals surface area contributed by atoms with E-state index in [1.807, 2.05) is 25.1 Å². The minimum Gasteiger partial charge on any atom is -0.490 e. The number of hydrogen-bond acceptors (Lipinski definition) is 4. The quantitative estimate of drug-likeness (QED) is 0.883. The summed E-state index contributed by atoms with van der Waals surface area (Å²) in [5, 5.41) is 2.88. The fourth-order valence-corrected chi connectivity index (χ4v) is 2.39. The van der Waals surface area contributed by atoms with Crippen molar-refractivity contribution in [3.63, 3.8) is 0 Å². The molecule has 0 fully saturated rings. The van der Waals surface area contributed by atoms with E-state index in [-0.39, 0.29) is 37.5 Å². The highest BCUT2D eigenvalue weighted by atomic mass is 19.1. The van der Waals surface area contributed by atoms with Crippen LogP contribution < -0.4 is 19.5 Å². The third kappa shape index (κ3) is 3.76. The molecule has 0 aromatic heterocycles. The third-order valence-corrected chi connectivity index (χ3v) is 3.70. The van der Waals surface area contributed by atoms with Gasteiger partial charge in [0.1, 0.15) is 0 Å². The van der Waals surface area contributed by atoms with Crippen molar-refractivity contribution in [1.82, 2.24) is 5.32 Å². The van der Waals surface area contributed by atoms with E-state index in [0.717, 1.165) is 5.56 Å². The Morgan fingerprint density at radius 2 is 2.04 bits per heavy atom. The van der Waals surface area contributed by atoms with Crippen LogP contribution in [0.25, 0.3) is 0 Å². The van der Waals surface area contributed by atoms with Gasteiger partial charge in [0, 0.05) is 0 Å². The van der Waals surface area contributed by atoms with Crippen LogP contribution in [0.1, 0.15) is 24.9 Å². The van der Waals surface area contributed by atoms with Gasteiger partial charge >= 0.3 is 0 Å². The van der Waals surface area contributed by atoms with E-state index in [9.17, 15) is 9.18 Å². The molecule has 0 radical (unpaired) electrons. The highest BCUT2D eigenvalue weighted by Crippen LogP contribution is 2.34. The number of rotatable bonds is 6. The Morgan fingerprint density at radius 1 is 1.25 bits per heavy atom. The monoisotopic (exact) mass is 331 g/mol. The summed E-state index contributed by atoms with van der Waals surface area (Å²) in [4.78, 5) is 12.0. The van der Waals surface area contributed by atoms with Crippen LogP contribution in [0.15, 0.2) is 42.5 Å². The van der Waals surface area contributed by atoms with Crippen molar-refractivity contribution >= 4 is 5.91 Å². The van der Waals surface area contributed by atoms with Gasteiger partial charge in [0.2, 0.25) is 12.7 Å². The molecule has 1 amide bonds. The molecule has 0 aliphatic carbocycles. The SMILES string of the molecule is CC(NC(=O)CCOc1ccccc1F)c1ccc2c(c1)OCO2. The Labute approximate surface area is 139 Å². The number of fused-ring (bicyclic) bond motifs is 1. The molecule has 3 rings (SSSR count). The normalized spacial score (nSPS) is 13.4. The Kier molecular flexibility index (Phi) is 4.84. The minimum absolute atomic E-state index is 0.112. The second-order valence-electron chi connectivity index (χ2n) is 5.43. The number of para-hydroxylation sites is 1. The van der Waals surface area contributed by atoms with Crippen LogP contribution in [0.2, 0.25) is 0 Å². The predicted octanol–water partition coefficient (Wildman–Crippen LogP) is 3.20. The van der Waals surface area contributed by atoms with E-state index < -0.39 is 5.82 Å². The van der Waals surface area contributed by atoms with Gasteiger partial charge in [0.25, 0.3) is 0 Å². The molecule has 1 atom stereocenters. The van der Waals surface area contributed by atoms with E-state index in [1.54, 1.807) is 12.1 Å². The summed E-state index contributed by atoms with van der Waals surface area (Å²) in [6.07, 6.45) is 0.142. The number of carbonyl (C=O) groups is 1. The summed E-state index contributed by atoms with van der Waals surface area (Å²) in [7, 11) is 0. The van der Waals surface area contributed by atoms with Crippen molar-refractivity contribution in [1.29, 1.82) is 0 Å². The van der Waals surface area contributed by atoms with Gasteiger partial charge in [-0.1, -0.05) is 18.2 Å². The van der Waals surface area contributed by atoms with Gasteiger partial charge in [-0.15, -0.1) is 0 Å². The summed E-state index contributed by atoms with van der Waals surface area (Å²) >= 11 is 0. The van der Waals surface area contributed by atoms with E-state index >= 15 is 0 Å². The van der Waals surface area contributed by atoms with Gasteiger partial charge in [-0.05, 0) is 36.8 Å². The van der Waals surface area contributed by atoms with E-state index in [0.29, 0.717) is 11.5 Å². The zero-order chi connectivity index (χ0) is 16.9. The Balaban J connectivity index is 1.48. The standard InChI is InChI=1S/C18H18FNO4/c1-12(13-6-7-16-17(10-13)24-11-23-16)20-18(21)8-9-22-15-5-3-2-4-14(15)19/h2-7,10,12H,8-9,11H2,1H3,(H,20,21). The maximum absolute atomic E-state index is 13.4. The van der Waals surface area contributed by atoms with E-state index in [4.69, 9.17) is 14.2 Å². The van der Waals surface area contributed by atoms with Gasteiger partial charge in [-0.3, -0.25) is 4.79 Å². The number of amides is 1. The predicted molar refractivity (Wildman–Crippen MR) is 85.6 cm³/mol. The number of halogens is 1. The van der Waals surface area contributed by atoms with Crippen LogP contribution in [0, 0.1) is 5.82 Å². The van der Waals surface area contributed by atoms with Crippen molar-refractivity contribution in [2.24, 2.45) is 0 Å². The van der Waals surface area contributed by atoms with Crippen molar-refractivity contribution in [3.05, 3.63) is 53.8 Å². The molecule has 0 spiro atoms. The fraction of sp³-hybridized carbons (Fsp3) is 0.278. The van der Waals surface area contributed by atoms with Crippen LogP contribution in [0.3, 0.4) is 0 Å². The Morgan fingerprint density at radius 3 is 2.88 bits per heavy atom. The number of nitrogens with one attached hydrogen (secondary N) is 1. The molecule has 0 bridgehead atoms. The first-order valence-corrected chi connectivity index (χ1v) is 7.70. The maximum Gasteiger partial charge on any atom is 0.231 e. The summed E-state index contributed by atoms with van der Waals surface area (Å²) < 4.78 is 29.3. The largest absolute Gasteiger partial charge is 0.490 e. The number of carbonyl (C=O) groups excluding carboxylic acids is 1. The molecule has 6 heteroatoms. The number of ether oxygens (including phenoxy) is 3. The molecule has 126 valence electrons. The molecule has 1 aliphatic rings. The molecule has 2 aromatic rings. The molecule has 1 unspecified atom stereocenters. The second kappa shape index (κ2) is 7.21. The molecule has 1 heterocycles. The summed E-state index contributed by atoms with van der Waals surface area (Å²) in [6, 6.07) is 11.5.